The summed E-state index contributed by atoms with van der Waals surface area (Å²) in [5, 5.41) is 10.6. The normalized spacial score (nSPS) is 19.9. The Labute approximate surface area is 190 Å². The number of thiocarbonyl (C=S) groups is 1. The summed E-state index contributed by atoms with van der Waals surface area (Å²) in [5.41, 5.74) is 5.95. The van der Waals surface area contributed by atoms with Gasteiger partial charge in [-0.15, -0.1) is 0 Å². The van der Waals surface area contributed by atoms with E-state index in [9.17, 15) is 0 Å². The van der Waals surface area contributed by atoms with Gasteiger partial charge in [-0.05, 0) is 35.9 Å². The van der Waals surface area contributed by atoms with Crippen molar-refractivity contribution in [3.63, 3.8) is 0 Å². The van der Waals surface area contributed by atoms with Gasteiger partial charge in [-0.25, -0.2) is 5.01 Å². The van der Waals surface area contributed by atoms with E-state index >= 15 is 0 Å². The quantitative estimate of drug-likeness (QED) is 0.630. The van der Waals surface area contributed by atoms with Crippen molar-refractivity contribution in [2.75, 3.05) is 31.3 Å². The lowest BCUT2D eigenvalue weighted by atomic mass is 10.0. The molecule has 1 atom stereocenters. The van der Waals surface area contributed by atoms with Gasteiger partial charge < -0.3 is 10.2 Å². The first-order valence-electron chi connectivity index (χ1n) is 9.22. The van der Waals surface area contributed by atoms with E-state index in [4.69, 9.17) is 56.9 Å². The van der Waals surface area contributed by atoms with Crippen LogP contribution in [0, 0.1) is 0 Å². The molecule has 0 radical (unpaired) electrons. The molecule has 29 heavy (non-hydrogen) atoms. The molecule has 0 aliphatic carbocycles. The number of hydrogen-bond donors (Lipinski definition) is 1. The summed E-state index contributed by atoms with van der Waals surface area (Å²) in [4.78, 5) is 0.610. The van der Waals surface area contributed by atoms with Crippen LogP contribution in [0.5, 0.6) is 0 Å². The molecule has 1 fully saturated rings. The Morgan fingerprint density at radius 3 is 2.41 bits per heavy atom. The van der Waals surface area contributed by atoms with Crippen LogP contribution < -0.4 is 10.4 Å². The molecule has 4 rings (SSSR count). The third-order valence-electron chi connectivity index (χ3n) is 4.85. The maximum atomic E-state index is 6.48. The van der Waals surface area contributed by atoms with Crippen LogP contribution >= 0.6 is 47.0 Å². The van der Waals surface area contributed by atoms with E-state index in [0.717, 1.165) is 30.1 Å². The molecule has 2 heterocycles. The molecule has 0 spiro atoms. The van der Waals surface area contributed by atoms with Gasteiger partial charge in [-0.1, -0.05) is 59.2 Å². The van der Waals surface area contributed by atoms with E-state index in [0.29, 0.717) is 39.7 Å². The highest BCUT2D eigenvalue weighted by Crippen LogP contribution is 2.40. The van der Waals surface area contributed by atoms with Gasteiger partial charge in [0.25, 0.3) is 0 Å². The van der Waals surface area contributed by atoms with Crippen LogP contribution in [0.15, 0.2) is 47.6 Å². The predicted molar refractivity (Wildman–Crippen MR) is 123 cm³/mol. The lowest BCUT2D eigenvalue weighted by Gasteiger charge is -2.27. The molecule has 0 bridgehead atoms. The zero-order valence-electron chi connectivity index (χ0n) is 15.4. The molecular weight excluding hydrogens is 451 g/mol. The van der Waals surface area contributed by atoms with Gasteiger partial charge in [0.15, 0.2) is 0 Å². The van der Waals surface area contributed by atoms with E-state index in [1.807, 2.05) is 35.3 Å². The van der Waals surface area contributed by atoms with Crippen molar-refractivity contribution in [2.45, 2.75) is 12.5 Å². The summed E-state index contributed by atoms with van der Waals surface area (Å²) >= 11 is 24.3. The number of halogens is 3. The Balaban J connectivity index is 1.62. The van der Waals surface area contributed by atoms with Crippen molar-refractivity contribution in [3.05, 3.63) is 63.1 Å². The summed E-state index contributed by atoms with van der Waals surface area (Å²) in [7, 11) is 0. The number of hydrazine groups is 1. The fraction of sp³-hybridized carbons (Fsp3) is 0.300. The maximum absolute atomic E-state index is 6.48. The first-order chi connectivity index (χ1) is 14.0. The molecule has 0 amide bonds. The molecule has 9 heteroatoms. The number of nitrogens with one attached hydrogen (secondary N) is 1. The average molecular weight is 470 g/mol. The van der Waals surface area contributed by atoms with E-state index in [1.165, 1.54) is 0 Å². The van der Waals surface area contributed by atoms with Crippen molar-refractivity contribution in [3.8, 4) is 0 Å². The van der Waals surface area contributed by atoms with Gasteiger partial charge in [0.1, 0.15) is 4.99 Å². The van der Waals surface area contributed by atoms with E-state index < -0.39 is 0 Å². The molecule has 0 saturated carbocycles. The van der Waals surface area contributed by atoms with Crippen LogP contribution in [0.2, 0.25) is 15.1 Å². The highest BCUT2D eigenvalue weighted by atomic mass is 35.5. The van der Waals surface area contributed by atoms with E-state index in [-0.39, 0.29) is 6.04 Å². The predicted octanol–water partition coefficient (Wildman–Crippen LogP) is 5.12. The van der Waals surface area contributed by atoms with Crippen LogP contribution in [0.1, 0.15) is 18.0 Å². The Morgan fingerprint density at radius 2 is 1.72 bits per heavy atom. The molecule has 1 saturated heterocycles. The van der Waals surface area contributed by atoms with Crippen molar-refractivity contribution < 1.29 is 4.74 Å². The molecule has 152 valence electrons. The van der Waals surface area contributed by atoms with Crippen LogP contribution in [0.4, 0.5) is 5.69 Å². The van der Waals surface area contributed by atoms with Crippen LogP contribution in [0.3, 0.4) is 0 Å². The Bertz CT molecular complexity index is 932. The van der Waals surface area contributed by atoms with Crippen molar-refractivity contribution in [2.24, 2.45) is 5.10 Å². The first-order valence-corrected chi connectivity index (χ1v) is 10.8. The molecule has 2 aromatic carbocycles. The monoisotopic (exact) mass is 468 g/mol. The number of anilines is 1. The van der Waals surface area contributed by atoms with Gasteiger partial charge in [0.2, 0.25) is 0 Å². The lowest BCUT2D eigenvalue weighted by Crippen LogP contribution is -2.49. The zero-order valence-corrected chi connectivity index (χ0v) is 18.5. The first kappa shape index (κ1) is 20.8. The third-order valence-corrected chi connectivity index (χ3v) is 5.97. The van der Waals surface area contributed by atoms with Crippen molar-refractivity contribution >= 4 is 63.4 Å². The maximum Gasteiger partial charge on any atom is 0.137 e. The highest BCUT2D eigenvalue weighted by molar-refractivity contribution is 7.82. The fourth-order valence-corrected chi connectivity index (χ4v) is 4.24. The summed E-state index contributed by atoms with van der Waals surface area (Å²) in [6.45, 7) is 2.92. The second-order valence-corrected chi connectivity index (χ2v) is 8.49. The number of benzene rings is 2. The smallest absolute Gasteiger partial charge is 0.137 e. The number of hydrogen-bond acceptors (Lipinski definition) is 5. The largest absolute Gasteiger partial charge is 0.379 e. The summed E-state index contributed by atoms with van der Waals surface area (Å²) in [5.74, 6) is 0. The summed E-state index contributed by atoms with van der Waals surface area (Å²) < 4.78 is 5.39. The van der Waals surface area contributed by atoms with Gasteiger partial charge >= 0.3 is 0 Å². The second-order valence-electron chi connectivity index (χ2n) is 6.80. The average Bonchev–Trinajstić information content (AvgIpc) is 3.14. The number of hydrazone groups is 1. The molecule has 0 aromatic heterocycles. The third kappa shape index (κ3) is 4.85. The van der Waals surface area contributed by atoms with E-state index in [1.54, 1.807) is 12.1 Å². The number of nitrogens with zero attached hydrogens (tertiary/aromatic N) is 3. The molecular formula is C20H19Cl3N4OS. The zero-order chi connectivity index (χ0) is 20.4. The Morgan fingerprint density at radius 1 is 1.03 bits per heavy atom. The van der Waals surface area contributed by atoms with Crippen LogP contribution in [-0.2, 0) is 4.74 Å². The molecule has 1 N–H and O–H groups in total. The molecule has 2 aliphatic rings. The van der Waals surface area contributed by atoms with Crippen molar-refractivity contribution in [1.82, 2.24) is 10.4 Å². The molecule has 5 nitrogen and oxygen atoms in total. The van der Waals surface area contributed by atoms with E-state index in [2.05, 4.69) is 10.4 Å². The number of morpholine rings is 1. The number of rotatable bonds is 4. The Kier molecular flexibility index (Phi) is 6.59. The summed E-state index contributed by atoms with van der Waals surface area (Å²) in [6, 6.07) is 13.1. The van der Waals surface area contributed by atoms with Crippen LogP contribution in [0.25, 0.3) is 0 Å². The molecule has 1 unspecified atom stereocenters. The van der Waals surface area contributed by atoms with Gasteiger partial charge in [0.05, 0.1) is 35.7 Å². The van der Waals surface area contributed by atoms with Gasteiger partial charge in [0, 0.05) is 29.6 Å². The number of ether oxygens (including phenoxy) is 1. The van der Waals surface area contributed by atoms with Crippen LogP contribution in [-0.4, -0.2) is 42.0 Å². The highest BCUT2D eigenvalue weighted by Gasteiger charge is 2.32. The minimum absolute atomic E-state index is 0.0506. The minimum atomic E-state index is -0.0506. The second kappa shape index (κ2) is 9.16. The fourth-order valence-electron chi connectivity index (χ4n) is 3.36. The molecule has 2 aliphatic heterocycles. The SMILES string of the molecule is S=C(NN1CCOCC1)C1=NN(c2ccc(Cl)cc2Cl)C(c2ccc(Cl)cc2)C1. The topological polar surface area (TPSA) is 40.1 Å². The van der Waals surface area contributed by atoms with Crippen molar-refractivity contribution in [1.29, 1.82) is 0 Å². The Hall–Kier alpha value is -1.41. The molecule has 2 aromatic rings. The van der Waals surface area contributed by atoms with Gasteiger partial charge in [-0.2, -0.15) is 5.10 Å². The minimum Gasteiger partial charge on any atom is -0.379 e. The summed E-state index contributed by atoms with van der Waals surface area (Å²) in [6.07, 6.45) is 0.650. The standard InChI is InChI=1S/C20H19Cl3N4OS/c21-14-3-1-13(2-4-14)19-12-17(20(29)25-26-7-9-28-10-8-26)24-27(19)18-6-5-15(22)11-16(18)23/h1-6,11,19H,7-10,12H2,(H,25,29). The van der Waals surface area contributed by atoms with Gasteiger partial charge in [-0.3, -0.25) is 5.01 Å². The lowest BCUT2D eigenvalue weighted by molar-refractivity contribution is 0.0255.